The summed E-state index contributed by atoms with van der Waals surface area (Å²) in [6.07, 6.45) is 0. The molecule has 0 N–H and O–H groups in total. The van der Waals surface area contributed by atoms with Crippen LogP contribution in [0.1, 0.15) is 41.6 Å². The molecule has 1 aliphatic heterocycles. The van der Waals surface area contributed by atoms with Gasteiger partial charge in [-0.05, 0) is 55.9 Å². The largest absolute Gasteiger partial charge is 0.493 e. The maximum absolute atomic E-state index is 13.6. The van der Waals surface area contributed by atoms with Crippen molar-refractivity contribution < 1.29 is 18.7 Å². The molecule has 2 aromatic carbocycles. The molecule has 2 heterocycles. The molecule has 0 fully saturated rings. The van der Waals surface area contributed by atoms with Crippen molar-refractivity contribution in [1.29, 1.82) is 0 Å². The van der Waals surface area contributed by atoms with Crippen LogP contribution in [-0.4, -0.2) is 56.6 Å². The third-order valence-electron chi connectivity index (χ3n) is 5.79. The van der Waals surface area contributed by atoms with Crippen LogP contribution < -0.4 is 14.9 Å². The summed E-state index contributed by atoms with van der Waals surface area (Å²) in [7, 11) is 5.45. The molecule has 0 saturated carbocycles. The Bertz CT molecular complexity index is 1280. The van der Waals surface area contributed by atoms with E-state index in [-0.39, 0.29) is 17.1 Å². The van der Waals surface area contributed by atoms with Crippen LogP contribution in [0.5, 0.6) is 11.5 Å². The minimum atomic E-state index is -0.616. The van der Waals surface area contributed by atoms with E-state index >= 15 is 0 Å². The fraction of sp³-hybridized carbons (Fsp3) is 0.385. The van der Waals surface area contributed by atoms with E-state index in [1.165, 1.54) is 0 Å². The molecular formula is C26H29ClN2O5. The summed E-state index contributed by atoms with van der Waals surface area (Å²) < 4.78 is 17.4. The number of carbonyl (C=O) groups excluding carboxylic acids is 1. The second kappa shape index (κ2) is 9.68. The first kappa shape index (κ1) is 24.1. The standard InChI is InChI=1S/C26H29ClN2O5/c1-15(2)14-33-20-8-6-16(12-21(20)32-5)23-22-24(30)18-13-17(27)7-9-19(18)34-25(22)26(31)29(23)11-10-28(3)4/h6-9,12-13,15,23H,10-11,14H2,1-5H3. The van der Waals surface area contributed by atoms with E-state index in [0.717, 1.165) is 5.56 Å². The Balaban J connectivity index is 1.87. The van der Waals surface area contributed by atoms with Gasteiger partial charge in [-0.3, -0.25) is 9.59 Å². The number of nitrogens with zero attached hydrogens (tertiary/aromatic N) is 2. The van der Waals surface area contributed by atoms with E-state index in [1.54, 1.807) is 30.2 Å². The molecule has 180 valence electrons. The molecule has 0 bridgehead atoms. The molecule has 1 atom stereocenters. The summed E-state index contributed by atoms with van der Waals surface area (Å²) in [6.45, 7) is 5.74. The molecule has 0 radical (unpaired) electrons. The first-order valence-corrected chi connectivity index (χ1v) is 11.6. The predicted molar refractivity (Wildman–Crippen MR) is 132 cm³/mol. The van der Waals surface area contributed by atoms with Gasteiger partial charge in [-0.25, -0.2) is 0 Å². The predicted octanol–water partition coefficient (Wildman–Crippen LogP) is 4.60. The van der Waals surface area contributed by atoms with Crippen LogP contribution in [0.4, 0.5) is 0 Å². The van der Waals surface area contributed by atoms with Gasteiger partial charge >= 0.3 is 0 Å². The second-order valence-electron chi connectivity index (χ2n) is 9.13. The zero-order chi connectivity index (χ0) is 24.6. The zero-order valence-corrected chi connectivity index (χ0v) is 20.8. The molecule has 4 rings (SSSR count). The topological polar surface area (TPSA) is 72.2 Å². The van der Waals surface area contributed by atoms with Gasteiger partial charge in [-0.1, -0.05) is 31.5 Å². The summed E-state index contributed by atoms with van der Waals surface area (Å²) in [4.78, 5) is 30.7. The van der Waals surface area contributed by atoms with Gasteiger partial charge in [0.25, 0.3) is 5.91 Å². The Kier molecular flexibility index (Phi) is 6.86. The minimum absolute atomic E-state index is 0.0719. The van der Waals surface area contributed by atoms with Crippen LogP contribution in [-0.2, 0) is 0 Å². The Morgan fingerprint density at radius 1 is 1.12 bits per heavy atom. The van der Waals surface area contributed by atoms with Crippen molar-refractivity contribution in [2.24, 2.45) is 5.92 Å². The Hall–Kier alpha value is -3.03. The van der Waals surface area contributed by atoms with Gasteiger partial charge in [0.05, 0.1) is 30.7 Å². The number of ether oxygens (including phenoxy) is 2. The number of methoxy groups -OCH3 is 1. The van der Waals surface area contributed by atoms with Crippen molar-refractivity contribution in [2.75, 3.05) is 40.9 Å². The SMILES string of the molecule is COc1cc(C2c3c(oc4ccc(Cl)cc4c3=O)C(=O)N2CCN(C)C)ccc1OCC(C)C. The van der Waals surface area contributed by atoms with Gasteiger partial charge in [0, 0.05) is 18.1 Å². The summed E-state index contributed by atoms with van der Waals surface area (Å²) in [5.74, 6) is 1.27. The van der Waals surface area contributed by atoms with Crippen molar-refractivity contribution in [2.45, 2.75) is 19.9 Å². The highest BCUT2D eigenvalue weighted by atomic mass is 35.5. The average Bonchev–Trinajstić information content (AvgIpc) is 3.08. The van der Waals surface area contributed by atoms with E-state index in [4.69, 9.17) is 25.5 Å². The van der Waals surface area contributed by atoms with Crippen LogP contribution in [0.2, 0.25) is 5.02 Å². The Morgan fingerprint density at radius 3 is 2.56 bits per heavy atom. The second-order valence-corrected chi connectivity index (χ2v) is 9.57. The normalized spacial score (nSPS) is 15.5. The monoisotopic (exact) mass is 484 g/mol. The fourth-order valence-corrected chi connectivity index (χ4v) is 4.28. The van der Waals surface area contributed by atoms with E-state index < -0.39 is 6.04 Å². The number of fused-ring (bicyclic) bond motifs is 2. The molecule has 34 heavy (non-hydrogen) atoms. The molecular weight excluding hydrogens is 456 g/mol. The van der Waals surface area contributed by atoms with Gasteiger partial charge in [-0.2, -0.15) is 0 Å². The van der Waals surface area contributed by atoms with Gasteiger partial charge < -0.3 is 23.7 Å². The number of hydrogen-bond acceptors (Lipinski definition) is 6. The maximum Gasteiger partial charge on any atom is 0.290 e. The van der Waals surface area contributed by atoms with Crippen LogP contribution >= 0.6 is 11.6 Å². The molecule has 1 amide bonds. The van der Waals surface area contributed by atoms with E-state index in [1.807, 2.05) is 37.2 Å². The van der Waals surface area contributed by atoms with Gasteiger partial charge in [-0.15, -0.1) is 0 Å². The van der Waals surface area contributed by atoms with Gasteiger partial charge in [0.2, 0.25) is 5.76 Å². The highest BCUT2D eigenvalue weighted by Crippen LogP contribution is 2.41. The molecule has 0 spiro atoms. The third-order valence-corrected chi connectivity index (χ3v) is 6.03. The van der Waals surface area contributed by atoms with Gasteiger partial charge in [0.15, 0.2) is 16.9 Å². The zero-order valence-electron chi connectivity index (χ0n) is 20.1. The number of amides is 1. The third kappa shape index (κ3) is 4.50. The molecule has 8 heteroatoms. The average molecular weight is 485 g/mol. The molecule has 1 unspecified atom stereocenters. The number of carbonyl (C=O) groups is 1. The first-order valence-electron chi connectivity index (χ1n) is 11.2. The molecule has 1 aliphatic rings. The molecule has 0 aliphatic carbocycles. The van der Waals surface area contributed by atoms with Crippen LogP contribution in [0.15, 0.2) is 45.6 Å². The Labute approximate surface area is 203 Å². The van der Waals surface area contributed by atoms with E-state index in [0.29, 0.717) is 58.7 Å². The fourth-order valence-electron chi connectivity index (χ4n) is 4.11. The van der Waals surface area contributed by atoms with Crippen LogP contribution in [0, 0.1) is 5.92 Å². The van der Waals surface area contributed by atoms with Crippen molar-refractivity contribution in [3.8, 4) is 11.5 Å². The van der Waals surface area contributed by atoms with Gasteiger partial charge in [0.1, 0.15) is 5.58 Å². The molecule has 3 aromatic rings. The van der Waals surface area contributed by atoms with Crippen LogP contribution in [0.25, 0.3) is 11.0 Å². The lowest BCUT2D eigenvalue weighted by atomic mass is 9.98. The highest BCUT2D eigenvalue weighted by Gasteiger charge is 2.42. The van der Waals surface area contributed by atoms with E-state index in [2.05, 4.69) is 13.8 Å². The van der Waals surface area contributed by atoms with Crippen molar-refractivity contribution in [3.63, 3.8) is 0 Å². The minimum Gasteiger partial charge on any atom is -0.493 e. The number of benzene rings is 2. The number of halogens is 1. The first-order chi connectivity index (χ1) is 16.2. The lowest BCUT2D eigenvalue weighted by Gasteiger charge is -2.27. The lowest BCUT2D eigenvalue weighted by molar-refractivity contribution is 0.0716. The number of likely N-dealkylation sites (N-methyl/N-ethyl adjacent to an activating group) is 1. The highest BCUT2D eigenvalue weighted by molar-refractivity contribution is 6.31. The number of rotatable bonds is 8. The van der Waals surface area contributed by atoms with Crippen molar-refractivity contribution >= 4 is 28.5 Å². The Morgan fingerprint density at radius 2 is 1.88 bits per heavy atom. The van der Waals surface area contributed by atoms with Crippen molar-refractivity contribution in [3.05, 3.63) is 68.5 Å². The molecule has 0 saturated heterocycles. The summed E-state index contributed by atoms with van der Waals surface area (Å²) in [6, 6.07) is 9.74. The maximum atomic E-state index is 13.6. The molecule has 7 nitrogen and oxygen atoms in total. The number of hydrogen-bond donors (Lipinski definition) is 0. The van der Waals surface area contributed by atoms with Crippen molar-refractivity contribution in [1.82, 2.24) is 9.80 Å². The summed E-state index contributed by atoms with van der Waals surface area (Å²) in [5.41, 5.74) is 1.14. The smallest absolute Gasteiger partial charge is 0.290 e. The lowest BCUT2D eigenvalue weighted by Crippen LogP contribution is -2.35. The summed E-state index contributed by atoms with van der Waals surface area (Å²) in [5, 5.41) is 0.778. The van der Waals surface area contributed by atoms with Crippen LogP contribution in [0.3, 0.4) is 0 Å². The van der Waals surface area contributed by atoms with E-state index in [9.17, 15) is 9.59 Å². The summed E-state index contributed by atoms with van der Waals surface area (Å²) >= 11 is 6.15. The molecule has 1 aromatic heterocycles. The quantitative estimate of drug-likeness (QED) is 0.465.